The highest BCUT2D eigenvalue weighted by molar-refractivity contribution is 5.82. The highest BCUT2D eigenvalue weighted by atomic mass is 16.5. The number of aromatic hydroxyl groups is 1. The van der Waals surface area contributed by atoms with Gasteiger partial charge in [-0.25, -0.2) is 0 Å². The molecule has 0 amide bonds. The van der Waals surface area contributed by atoms with E-state index in [0.717, 1.165) is 31.5 Å². The zero-order valence-electron chi connectivity index (χ0n) is 21.3. The van der Waals surface area contributed by atoms with Crippen molar-refractivity contribution in [2.24, 2.45) is 0 Å². The molecular weight excluding hydrogens is 450 g/mol. The standard InChI is InChI=1S/C29H33N5O2/c1-19(2)21-5-7-22(8-6-21)34(23-12-15-33(4)16-13-23)27-10-9-24(17-20(27)3)36-29-31-26-18-30-14-11-25(26)28(35)32-29/h5-11,14,17-19,23H,12-13,15-16H2,1-4H3,(H,31,32,35). The lowest BCUT2D eigenvalue weighted by atomic mass is 9.98. The Balaban J connectivity index is 1.46. The van der Waals surface area contributed by atoms with Crippen LogP contribution in [-0.4, -0.2) is 51.1 Å². The zero-order chi connectivity index (χ0) is 25.2. The number of benzene rings is 2. The summed E-state index contributed by atoms with van der Waals surface area (Å²) in [6.45, 7) is 8.73. The molecule has 1 fully saturated rings. The summed E-state index contributed by atoms with van der Waals surface area (Å²) in [4.78, 5) is 17.5. The summed E-state index contributed by atoms with van der Waals surface area (Å²) in [5.74, 6) is 1.00. The van der Waals surface area contributed by atoms with Crippen LogP contribution in [-0.2, 0) is 0 Å². The fourth-order valence-corrected chi connectivity index (χ4v) is 4.88. The van der Waals surface area contributed by atoms with Gasteiger partial charge in [0.15, 0.2) is 0 Å². The van der Waals surface area contributed by atoms with E-state index in [0.29, 0.717) is 28.6 Å². The number of fused-ring (bicyclic) bond motifs is 1. The lowest BCUT2D eigenvalue weighted by Crippen LogP contribution is -2.41. The first-order valence-corrected chi connectivity index (χ1v) is 12.6. The van der Waals surface area contributed by atoms with Crippen molar-refractivity contribution in [1.82, 2.24) is 19.9 Å². The second-order valence-corrected chi connectivity index (χ2v) is 9.92. The van der Waals surface area contributed by atoms with Gasteiger partial charge in [0.1, 0.15) is 5.75 Å². The molecule has 0 aliphatic carbocycles. The second kappa shape index (κ2) is 10.1. The van der Waals surface area contributed by atoms with E-state index in [1.54, 1.807) is 18.5 Å². The number of ether oxygens (including phenoxy) is 1. The molecule has 0 saturated carbocycles. The number of piperidine rings is 1. The monoisotopic (exact) mass is 483 g/mol. The topological polar surface area (TPSA) is 74.6 Å². The summed E-state index contributed by atoms with van der Waals surface area (Å²) in [6, 6.07) is 17.2. The molecule has 0 radical (unpaired) electrons. The van der Waals surface area contributed by atoms with Gasteiger partial charge >= 0.3 is 6.01 Å². The van der Waals surface area contributed by atoms with Crippen LogP contribution in [0.4, 0.5) is 11.4 Å². The Morgan fingerprint density at radius 2 is 1.78 bits per heavy atom. The van der Waals surface area contributed by atoms with Gasteiger partial charge < -0.3 is 19.6 Å². The minimum absolute atomic E-state index is 0.0941. The van der Waals surface area contributed by atoms with Crippen molar-refractivity contribution >= 4 is 22.3 Å². The summed E-state index contributed by atoms with van der Waals surface area (Å²) >= 11 is 0. The van der Waals surface area contributed by atoms with Crippen LogP contribution >= 0.6 is 0 Å². The Morgan fingerprint density at radius 3 is 2.47 bits per heavy atom. The lowest BCUT2D eigenvalue weighted by Gasteiger charge is -2.39. The van der Waals surface area contributed by atoms with E-state index in [1.165, 1.54) is 16.9 Å². The highest BCUT2D eigenvalue weighted by Gasteiger charge is 2.26. The largest absolute Gasteiger partial charge is 0.493 e. The molecule has 4 aromatic rings. The van der Waals surface area contributed by atoms with Crippen LogP contribution in [0.1, 0.15) is 43.7 Å². The van der Waals surface area contributed by atoms with Crippen LogP contribution in [0.15, 0.2) is 60.9 Å². The summed E-state index contributed by atoms with van der Waals surface area (Å²) in [5, 5.41) is 10.8. The van der Waals surface area contributed by atoms with Crippen molar-refractivity contribution in [2.45, 2.75) is 45.6 Å². The van der Waals surface area contributed by atoms with Gasteiger partial charge in [0, 0.05) is 23.6 Å². The molecule has 1 aliphatic heterocycles. The van der Waals surface area contributed by atoms with Crippen molar-refractivity contribution in [3.05, 3.63) is 72.1 Å². The number of anilines is 2. The van der Waals surface area contributed by atoms with E-state index >= 15 is 0 Å². The minimum atomic E-state index is -0.121. The molecule has 1 N–H and O–H groups in total. The van der Waals surface area contributed by atoms with E-state index in [4.69, 9.17) is 4.74 Å². The molecule has 0 unspecified atom stereocenters. The Labute approximate surface area is 212 Å². The smallest absolute Gasteiger partial charge is 0.325 e. The third kappa shape index (κ3) is 4.97. The minimum Gasteiger partial charge on any atom is -0.493 e. The molecule has 0 spiro atoms. The van der Waals surface area contributed by atoms with Crippen molar-refractivity contribution in [1.29, 1.82) is 0 Å². The van der Waals surface area contributed by atoms with Gasteiger partial charge in [-0.1, -0.05) is 26.0 Å². The number of aryl methyl sites for hydroxylation is 1. The molecule has 7 heteroatoms. The first kappa shape index (κ1) is 24.0. The molecule has 1 aliphatic rings. The van der Waals surface area contributed by atoms with Crippen LogP contribution in [0.25, 0.3) is 10.9 Å². The highest BCUT2D eigenvalue weighted by Crippen LogP contribution is 2.37. The van der Waals surface area contributed by atoms with E-state index < -0.39 is 0 Å². The SMILES string of the molecule is Cc1cc(Oc2nc(O)c3ccncc3n2)ccc1N(c1ccc(C(C)C)cc1)C1CCN(C)CC1. The van der Waals surface area contributed by atoms with E-state index in [1.807, 2.05) is 12.1 Å². The van der Waals surface area contributed by atoms with Gasteiger partial charge in [0.25, 0.3) is 0 Å². The van der Waals surface area contributed by atoms with Gasteiger partial charge in [-0.05, 0) is 93.3 Å². The Morgan fingerprint density at radius 1 is 1.03 bits per heavy atom. The molecule has 0 atom stereocenters. The second-order valence-electron chi connectivity index (χ2n) is 9.92. The third-order valence-corrected chi connectivity index (χ3v) is 6.99. The third-order valence-electron chi connectivity index (χ3n) is 6.99. The van der Waals surface area contributed by atoms with Crippen molar-refractivity contribution in [3.8, 4) is 17.6 Å². The number of aromatic nitrogens is 3. The molecule has 186 valence electrons. The molecule has 5 rings (SSSR count). The zero-order valence-corrected chi connectivity index (χ0v) is 21.3. The van der Waals surface area contributed by atoms with E-state index in [9.17, 15) is 5.11 Å². The molecule has 36 heavy (non-hydrogen) atoms. The van der Waals surface area contributed by atoms with E-state index in [2.05, 4.69) is 82.9 Å². The average molecular weight is 484 g/mol. The number of pyridine rings is 1. The summed E-state index contributed by atoms with van der Waals surface area (Å²) in [5.41, 5.74) is 5.36. The molecule has 0 bridgehead atoms. The first-order valence-electron chi connectivity index (χ1n) is 12.6. The number of hydrogen-bond acceptors (Lipinski definition) is 7. The maximum absolute atomic E-state index is 10.3. The van der Waals surface area contributed by atoms with Crippen LogP contribution in [0.3, 0.4) is 0 Å². The number of likely N-dealkylation sites (tertiary alicyclic amines) is 1. The van der Waals surface area contributed by atoms with Gasteiger partial charge in [-0.3, -0.25) is 4.98 Å². The first-order chi connectivity index (χ1) is 17.4. The Hall–Kier alpha value is -3.71. The predicted molar refractivity (Wildman–Crippen MR) is 143 cm³/mol. The van der Waals surface area contributed by atoms with Crippen LogP contribution in [0, 0.1) is 6.92 Å². The van der Waals surface area contributed by atoms with Gasteiger partial charge in [0.05, 0.1) is 17.1 Å². The summed E-state index contributed by atoms with van der Waals surface area (Å²) in [7, 11) is 2.19. The van der Waals surface area contributed by atoms with Crippen molar-refractivity contribution < 1.29 is 9.84 Å². The maximum atomic E-state index is 10.3. The maximum Gasteiger partial charge on any atom is 0.325 e. The lowest BCUT2D eigenvalue weighted by molar-refractivity contribution is 0.255. The van der Waals surface area contributed by atoms with E-state index in [-0.39, 0.29) is 11.9 Å². The molecule has 3 heterocycles. The van der Waals surface area contributed by atoms with Crippen LogP contribution in [0.5, 0.6) is 17.6 Å². The molecule has 2 aromatic carbocycles. The quantitative estimate of drug-likeness (QED) is 0.351. The fourth-order valence-electron chi connectivity index (χ4n) is 4.88. The number of hydrogen-bond donors (Lipinski definition) is 1. The number of nitrogens with zero attached hydrogens (tertiary/aromatic N) is 5. The average Bonchev–Trinajstić information content (AvgIpc) is 2.87. The summed E-state index contributed by atoms with van der Waals surface area (Å²) < 4.78 is 5.96. The summed E-state index contributed by atoms with van der Waals surface area (Å²) in [6.07, 6.45) is 5.40. The Bertz CT molecular complexity index is 1350. The van der Waals surface area contributed by atoms with Gasteiger partial charge in [0.2, 0.25) is 5.88 Å². The van der Waals surface area contributed by atoms with Gasteiger partial charge in [-0.15, -0.1) is 0 Å². The molecular formula is C29H33N5O2. The van der Waals surface area contributed by atoms with Crippen molar-refractivity contribution in [3.63, 3.8) is 0 Å². The molecule has 1 saturated heterocycles. The number of rotatable bonds is 6. The molecule has 7 nitrogen and oxygen atoms in total. The van der Waals surface area contributed by atoms with Crippen molar-refractivity contribution in [2.75, 3.05) is 25.0 Å². The molecule has 2 aromatic heterocycles. The van der Waals surface area contributed by atoms with Crippen LogP contribution in [0.2, 0.25) is 0 Å². The normalized spacial score (nSPS) is 14.9. The van der Waals surface area contributed by atoms with Crippen LogP contribution < -0.4 is 9.64 Å². The fraction of sp³-hybridized carbons (Fsp3) is 0.345. The predicted octanol–water partition coefficient (Wildman–Crippen LogP) is 6.19. The van der Waals surface area contributed by atoms with Gasteiger partial charge in [-0.2, -0.15) is 9.97 Å². The Kier molecular flexibility index (Phi) is 6.74.